The van der Waals surface area contributed by atoms with E-state index in [9.17, 15) is 4.79 Å². The molecule has 4 rings (SSSR count). The van der Waals surface area contributed by atoms with E-state index in [1.165, 1.54) is 5.56 Å². The van der Waals surface area contributed by atoms with Crippen LogP contribution in [0.2, 0.25) is 5.02 Å². The molecule has 0 aliphatic carbocycles. The lowest BCUT2D eigenvalue weighted by Crippen LogP contribution is -2.49. The highest BCUT2D eigenvalue weighted by Gasteiger charge is 2.22. The van der Waals surface area contributed by atoms with Gasteiger partial charge in [0.25, 0.3) is 0 Å². The molecule has 5 nitrogen and oxygen atoms in total. The lowest BCUT2D eigenvalue weighted by molar-refractivity contribution is -0.131. The normalized spacial score (nSPS) is 14.7. The molecule has 1 aliphatic heterocycles. The highest BCUT2D eigenvalue weighted by Crippen LogP contribution is 2.25. The van der Waals surface area contributed by atoms with Crippen molar-refractivity contribution >= 4 is 34.2 Å². The number of carbonyl (C=O) groups excluding carboxylic acids is 1. The number of fused-ring (bicyclic) bond motifs is 1. The summed E-state index contributed by atoms with van der Waals surface area (Å²) in [5, 5.41) is 0.750. The van der Waals surface area contributed by atoms with Crippen LogP contribution in [0, 0.1) is 6.92 Å². The van der Waals surface area contributed by atoms with Crippen LogP contribution in [0.3, 0.4) is 0 Å². The fourth-order valence-corrected chi connectivity index (χ4v) is 3.79. The fraction of sp³-hybridized carbons (Fsp3) is 0.333. The first-order chi connectivity index (χ1) is 13.1. The summed E-state index contributed by atoms with van der Waals surface area (Å²) in [5.74, 6) is 1.07. The number of imidazole rings is 1. The average Bonchev–Trinajstić information content (AvgIpc) is 3.11. The van der Waals surface area contributed by atoms with Gasteiger partial charge in [0.2, 0.25) is 5.91 Å². The Balaban J connectivity index is 1.32. The summed E-state index contributed by atoms with van der Waals surface area (Å²) in [6.07, 6.45) is 1.12. The molecule has 0 radical (unpaired) electrons. The smallest absolute Gasteiger partial charge is 0.223 e. The number of H-pyrrole nitrogens is 1. The van der Waals surface area contributed by atoms with E-state index in [1.54, 1.807) is 0 Å². The molecule has 1 aliphatic rings. The number of amides is 1. The van der Waals surface area contributed by atoms with Gasteiger partial charge in [-0.05, 0) is 36.8 Å². The van der Waals surface area contributed by atoms with E-state index >= 15 is 0 Å². The Kier molecular flexibility index (Phi) is 5.03. The average molecular weight is 383 g/mol. The van der Waals surface area contributed by atoms with Crippen molar-refractivity contribution in [1.82, 2.24) is 14.9 Å². The van der Waals surface area contributed by atoms with Gasteiger partial charge in [0.1, 0.15) is 5.82 Å². The van der Waals surface area contributed by atoms with Crippen LogP contribution in [0.25, 0.3) is 11.0 Å². The molecule has 0 unspecified atom stereocenters. The molecule has 1 amide bonds. The van der Waals surface area contributed by atoms with Gasteiger partial charge in [-0.1, -0.05) is 29.8 Å². The summed E-state index contributed by atoms with van der Waals surface area (Å²) in [6, 6.07) is 13.9. The van der Waals surface area contributed by atoms with E-state index in [0.717, 1.165) is 53.7 Å². The zero-order valence-electron chi connectivity index (χ0n) is 15.4. The van der Waals surface area contributed by atoms with Gasteiger partial charge in [0, 0.05) is 49.7 Å². The Morgan fingerprint density at radius 1 is 1.15 bits per heavy atom. The Hall–Kier alpha value is -2.53. The highest BCUT2D eigenvalue weighted by atomic mass is 35.5. The van der Waals surface area contributed by atoms with E-state index in [0.29, 0.717) is 12.8 Å². The zero-order valence-corrected chi connectivity index (χ0v) is 16.2. The lowest BCUT2D eigenvalue weighted by Gasteiger charge is -2.37. The van der Waals surface area contributed by atoms with Gasteiger partial charge in [0.15, 0.2) is 0 Å². The lowest BCUT2D eigenvalue weighted by atomic mass is 10.1. The largest absolute Gasteiger partial charge is 0.368 e. The summed E-state index contributed by atoms with van der Waals surface area (Å²) >= 11 is 6.14. The Labute approximate surface area is 163 Å². The first kappa shape index (κ1) is 17.9. The first-order valence-electron chi connectivity index (χ1n) is 9.32. The molecule has 0 atom stereocenters. The summed E-state index contributed by atoms with van der Waals surface area (Å²) < 4.78 is 0. The van der Waals surface area contributed by atoms with Crippen molar-refractivity contribution in [3.63, 3.8) is 0 Å². The van der Waals surface area contributed by atoms with Gasteiger partial charge in [-0.15, -0.1) is 0 Å². The van der Waals surface area contributed by atoms with Crippen molar-refractivity contribution in [1.29, 1.82) is 0 Å². The van der Waals surface area contributed by atoms with Crippen molar-refractivity contribution in [2.45, 2.75) is 19.8 Å². The molecule has 2 heterocycles. The van der Waals surface area contributed by atoms with Gasteiger partial charge < -0.3 is 14.8 Å². The second-order valence-corrected chi connectivity index (χ2v) is 7.44. The van der Waals surface area contributed by atoms with E-state index in [-0.39, 0.29) is 5.91 Å². The minimum atomic E-state index is 0.193. The van der Waals surface area contributed by atoms with Crippen LogP contribution < -0.4 is 4.90 Å². The van der Waals surface area contributed by atoms with Crippen molar-refractivity contribution in [2.24, 2.45) is 0 Å². The van der Waals surface area contributed by atoms with Crippen LogP contribution in [-0.2, 0) is 11.2 Å². The Bertz CT molecular complexity index is 927. The predicted octanol–water partition coefficient (Wildman–Crippen LogP) is 3.81. The molecule has 0 spiro atoms. The maximum Gasteiger partial charge on any atom is 0.223 e. The van der Waals surface area contributed by atoms with Crippen molar-refractivity contribution in [3.05, 3.63) is 58.9 Å². The first-order valence-corrected chi connectivity index (χ1v) is 9.70. The van der Waals surface area contributed by atoms with Crippen LogP contribution in [0.1, 0.15) is 17.8 Å². The highest BCUT2D eigenvalue weighted by molar-refractivity contribution is 6.30. The third-order valence-corrected chi connectivity index (χ3v) is 5.39. The molecule has 2 aromatic carbocycles. The molecule has 140 valence electrons. The topological polar surface area (TPSA) is 52.2 Å². The number of para-hydroxylation sites is 2. The third kappa shape index (κ3) is 3.93. The number of nitrogens with zero attached hydrogens (tertiary/aromatic N) is 3. The van der Waals surface area contributed by atoms with Gasteiger partial charge in [-0.2, -0.15) is 0 Å². The number of nitrogens with one attached hydrogen (secondary N) is 1. The molecule has 27 heavy (non-hydrogen) atoms. The standard InChI is InChI=1S/C21H23ClN4O/c1-15-6-7-16(22)14-19(15)25-10-12-26(13-11-25)21(27)9-8-20-23-17-4-2-3-5-18(17)24-20/h2-7,14H,8-13H2,1H3,(H,23,24). The number of aromatic nitrogens is 2. The Morgan fingerprint density at radius 2 is 1.93 bits per heavy atom. The van der Waals surface area contributed by atoms with Crippen molar-refractivity contribution in [2.75, 3.05) is 31.1 Å². The molecule has 6 heteroatoms. The summed E-state index contributed by atoms with van der Waals surface area (Å²) in [6.45, 7) is 5.24. The molecule has 1 aromatic heterocycles. The molecule has 1 N–H and O–H groups in total. The number of carbonyl (C=O) groups is 1. The fourth-order valence-electron chi connectivity index (χ4n) is 3.63. The molecular formula is C21H23ClN4O. The number of halogens is 1. The van der Waals surface area contributed by atoms with E-state index < -0.39 is 0 Å². The summed E-state index contributed by atoms with van der Waals surface area (Å²) in [7, 11) is 0. The molecule has 0 saturated carbocycles. The van der Waals surface area contributed by atoms with E-state index in [2.05, 4.69) is 21.8 Å². The third-order valence-electron chi connectivity index (χ3n) is 5.16. The minimum Gasteiger partial charge on any atom is -0.368 e. The van der Waals surface area contributed by atoms with Crippen LogP contribution >= 0.6 is 11.6 Å². The molecule has 1 fully saturated rings. The number of hydrogen-bond donors (Lipinski definition) is 1. The monoisotopic (exact) mass is 382 g/mol. The summed E-state index contributed by atoms with van der Waals surface area (Å²) in [4.78, 5) is 24.7. The second-order valence-electron chi connectivity index (χ2n) is 7.00. The molecule has 1 saturated heterocycles. The van der Waals surface area contributed by atoms with Gasteiger partial charge in [-0.25, -0.2) is 4.98 Å². The van der Waals surface area contributed by atoms with Gasteiger partial charge >= 0.3 is 0 Å². The zero-order chi connectivity index (χ0) is 18.8. The van der Waals surface area contributed by atoms with Crippen LogP contribution in [-0.4, -0.2) is 47.0 Å². The number of piperazine rings is 1. The van der Waals surface area contributed by atoms with Gasteiger partial charge in [-0.3, -0.25) is 4.79 Å². The second kappa shape index (κ2) is 7.61. The van der Waals surface area contributed by atoms with Crippen LogP contribution in [0.15, 0.2) is 42.5 Å². The number of benzene rings is 2. The summed E-state index contributed by atoms with van der Waals surface area (Å²) in [5.41, 5.74) is 4.34. The molecule has 0 bridgehead atoms. The molecular weight excluding hydrogens is 360 g/mol. The van der Waals surface area contributed by atoms with E-state index in [4.69, 9.17) is 11.6 Å². The minimum absolute atomic E-state index is 0.193. The van der Waals surface area contributed by atoms with Crippen LogP contribution in [0.4, 0.5) is 5.69 Å². The van der Waals surface area contributed by atoms with Crippen molar-refractivity contribution < 1.29 is 4.79 Å². The van der Waals surface area contributed by atoms with Crippen LogP contribution in [0.5, 0.6) is 0 Å². The number of anilines is 1. The number of hydrogen-bond acceptors (Lipinski definition) is 3. The quantitative estimate of drug-likeness (QED) is 0.746. The maximum absolute atomic E-state index is 12.6. The number of rotatable bonds is 4. The number of aromatic amines is 1. The maximum atomic E-state index is 12.6. The van der Waals surface area contributed by atoms with Gasteiger partial charge in [0.05, 0.1) is 11.0 Å². The van der Waals surface area contributed by atoms with E-state index in [1.807, 2.05) is 47.4 Å². The van der Waals surface area contributed by atoms with Crippen molar-refractivity contribution in [3.8, 4) is 0 Å². The predicted molar refractivity (Wildman–Crippen MR) is 109 cm³/mol. The SMILES string of the molecule is Cc1ccc(Cl)cc1N1CCN(C(=O)CCc2nc3ccccc3[nH]2)CC1. The Morgan fingerprint density at radius 3 is 2.70 bits per heavy atom. The molecule has 3 aromatic rings. The number of aryl methyl sites for hydroxylation is 2.